The zero-order chi connectivity index (χ0) is 10.1. The average molecular weight is 194 g/mol. The third-order valence-corrected chi connectivity index (χ3v) is 1.63. The molecule has 0 radical (unpaired) electrons. The van der Waals surface area contributed by atoms with E-state index in [0.29, 0.717) is 0 Å². The van der Waals surface area contributed by atoms with E-state index >= 15 is 0 Å². The van der Waals surface area contributed by atoms with Gasteiger partial charge in [0.05, 0.1) is 12.6 Å². The lowest BCUT2D eigenvalue weighted by molar-refractivity contribution is -0.541. The second-order valence-corrected chi connectivity index (χ2v) is 2.52. The lowest BCUT2D eigenvalue weighted by Gasteiger charge is -2.06. The smallest absolute Gasteiger partial charge is 0.314 e. The molecule has 0 amide bonds. The van der Waals surface area contributed by atoms with Crippen molar-refractivity contribution < 1.29 is 22.9 Å². The first kappa shape index (κ1) is 9.98. The molecule has 0 unspecified atom stereocenters. The van der Waals surface area contributed by atoms with Gasteiger partial charge in [-0.05, 0) is 12.1 Å². The predicted octanol–water partition coefficient (Wildman–Crippen LogP) is 1.67. The molecule has 0 aliphatic heterocycles. The van der Waals surface area contributed by atoms with Crippen LogP contribution in [0.5, 0.6) is 0 Å². The summed E-state index contributed by atoms with van der Waals surface area (Å²) in [6.07, 6.45) is -4.41. The van der Waals surface area contributed by atoms with Crippen LogP contribution in [0, 0.1) is 5.82 Å². The Bertz CT molecular complexity index is 306. The van der Waals surface area contributed by atoms with Gasteiger partial charge in [-0.2, -0.15) is 13.2 Å². The van der Waals surface area contributed by atoms with Crippen molar-refractivity contribution in [1.82, 2.24) is 0 Å². The van der Waals surface area contributed by atoms with Crippen molar-refractivity contribution >= 4 is 5.69 Å². The second kappa shape index (κ2) is 3.33. The van der Waals surface area contributed by atoms with Crippen molar-refractivity contribution in [2.45, 2.75) is 6.18 Å². The van der Waals surface area contributed by atoms with Gasteiger partial charge in [-0.1, -0.05) is 0 Å². The highest BCUT2D eigenvalue weighted by molar-refractivity contribution is 5.36. The number of nitrogens with two attached hydrogens (primary N) is 1. The van der Waals surface area contributed by atoms with Crippen molar-refractivity contribution in [1.29, 1.82) is 0 Å². The molecule has 1 aromatic rings. The average Bonchev–Trinajstić information content (AvgIpc) is 2.03. The first-order valence-corrected chi connectivity index (χ1v) is 3.61. The van der Waals surface area contributed by atoms with Gasteiger partial charge in [-0.15, -0.1) is 0 Å². The fraction of sp³-hybridized carbons (Fsp3) is 0.250. The lowest BCUT2D eigenvalue weighted by atomic mass is 10.2. The number of hydrogen-bond acceptors (Lipinski definition) is 0. The molecular formula is C8H8F4N+. The van der Waals surface area contributed by atoms with Gasteiger partial charge in [0, 0.05) is 6.07 Å². The zero-order valence-corrected chi connectivity index (χ0v) is 6.82. The summed E-state index contributed by atoms with van der Waals surface area (Å²) < 4.78 is 49.1. The summed E-state index contributed by atoms with van der Waals surface area (Å²) >= 11 is 0. The SMILES string of the molecule is C[NH2+]c1cc(C(F)(F)F)ccc1F. The van der Waals surface area contributed by atoms with E-state index in [4.69, 9.17) is 0 Å². The van der Waals surface area contributed by atoms with Gasteiger partial charge in [0.25, 0.3) is 0 Å². The maximum absolute atomic E-state index is 12.8. The van der Waals surface area contributed by atoms with Gasteiger partial charge in [0.1, 0.15) is 0 Å². The monoisotopic (exact) mass is 194 g/mol. The number of rotatable bonds is 1. The Morgan fingerprint density at radius 3 is 2.31 bits per heavy atom. The standard InChI is InChI=1S/C8H7F4N/c1-13-7-4-5(8(10,11)12)2-3-6(7)9/h2-4,13H,1H3/p+1. The lowest BCUT2D eigenvalue weighted by Crippen LogP contribution is -2.73. The van der Waals surface area contributed by atoms with Crippen LogP contribution in [0.4, 0.5) is 23.2 Å². The Kier molecular flexibility index (Phi) is 2.56. The third-order valence-electron chi connectivity index (χ3n) is 1.63. The van der Waals surface area contributed by atoms with E-state index in [-0.39, 0.29) is 5.69 Å². The van der Waals surface area contributed by atoms with Gasteiger partial charge in [0.15, 0.2) is 11.5 Å². The van der Waals surface area contributed by atoms with E-state index in [1.165, 1.54) is 12.4 Å². The molecule has 2 N–H and O–H groups in total. The van der Waals surface area contributed by atoms with E-state index in [2.05, 4.69) is 0 Å². The minimum Gasteiger partial charge on any atom is -0.314 e. The molecule has 1 aromatic carbocycles. The van der Waals surface area contributed by atoms with Crippen LogP contribution < -0.4 is 5.32 Å². The summed E-state index contributed by atoms with van der Waals surface area (Å²) in [6.45, 7) is 0. The molecule has 0 aromatic heterocycles. The molecule has 0 spiro atoms. The van der Waals surface area contributed by atoms with Gasteiger partial charge >= 0.3 is 6.18 Å². The van der Waals surface area contributed by atoms with E-state index in [1.54, 1.807) is 0 Å². The molecule has 1 rings (SSSR count). The van der Waals surface area contributed by atoms with Crippen molar-refractivity contribution in [3.8, 4) is 0 Å². The molecule has 0 saturated carbocycles. The summed E-state index contributed by atoms with van der Waals surface area (Å²) in [5.41, 5.74) is -0.864. The molecule has 0 atom stereocenters. The molecule has 0 fully saturated rings. The van der Waals surface area contributed by atoms with E-state index in [0.717, 1.165) is 18.2 Å². The Morgan fingerprint density at radius 1 is 1.23 bits per heavy atom. The molecule has 0 saturated heterocycles. The van der Waals surface area contributed by atoms with Crippen LogP contribution in [-0.4, -0.2) is 7.05 Å². The molecule has 72 valence electrons. The molecule has 0 aliphatic rings. The molecule has 0 bridgehead atoms. The van der Waals surface area contributed by atoms with Crippen LogP contribution in [-0.2, 0) is 6.18 Å². The van der Waals surface area contributed by atoms with Crippen LogP contribution in [0.2, 0.25) is 0 Å². The van der Waals surface area contributed by atoms with Crippen LogP contribution in [0.15, 0.2) is 18.2 Å². The van der Waals surface area contributed by atoms with Crippen molar-refractivity contribution in [3.63, 3.8) is 0 Å². The van der Waals surface area contributed by atoms with Gasteiger partial charge in [-0.3, -0.25) is 0 Å². The van der Waals surface area contributed by atoms with Gasteiger partial charge < -0.3 is 5.32 Å². The Labute approximate surface area is 72.4 Å². The third kappa shape index (κ3) is 2.18. The summed E-state index contributed by atoms with van der Waals surface area (Å²) in [5, 5.41) is 1.30. The molecule has 5 heteroatoms. The van der Waals surface area contributed by atoms with E-state index in [1.807, 2.05) is 0 Å². The van der Waals surface area contributed by atoms with E-state index in [9.17, 15) is 17.6 Å². The highest BCUT2D eigenvalue weighted by Gasteiger charge is 2.31. The van der Waals surface area contributed by atoms with Gasteiger partial charge in [-0.25, -0.2) is 4.39 Å². The number of alkyl halides is 3. The second-order valence-electron chi connectivity index (χ2n) is 2.52. The molecule has 13 heavy (non-hydrogen) atoms. The fourth-order valence-electron chi connectivity index (χ4n) is 0.941. The minimum atomic E-state index is -4.41. The largest absolute Gasteiger partial charge is 0.416 e. The quantitative estimate of drug-likeness (QED) is 0.517. The van der Waals surface area contributed by atoms with Crippen LogP contribution in [0.3, 0.4) is 0 Å². The number of quaternary nitrogens is 1. The van der Waals surface area contributed by atoms with Crippen molar-refractivity contribution in [3.05, 3.63) is 29.6 Å². The fourth-order valence-corrected chi connectivity index (χ4v) is 0.941. The highest BCUT2D eigenvalue weighted by Crippen LogP contribution is 2.30. The Hall–Kier alpha value is -1.10. The van der Waals surface area contributed by atoms with Gasteiger partial charge in [0.2, 0.25) is 0 Å². The minimum absolute atomic E-state index is 0.0326. The first-order chi connectivity index (χ1) is 5.95. The Balaban J connectivity index is 3.14. The first-order valence-electron chi connectivity index (χ1n) is 3.61. The van der Waals surface area contributed by atoms with Crippen LogP contribution >= 0.6 is 0 Å². The molecule has 0 heterocycles. The molecule has 0 aliphatic carbocycles. The highest BCUT2D eigenvalue weighted by atomic mass is 19.4. The maximum Gasteiger partial charge on any atom is 0.416 e. The summed E-state index contributed by atoms with van der Waals surface area (Å²) in [6, 6.07) is 2.33. The van der Waals surface area contributed by atoms with Crippen molar-refractivity contribution in [2.75, 3.05) is 7.05 Å². The van der Waals surface area contributed by atoms with Crippen LogP contribution in [0.1, 0.15) is 5.56 Å². The molecular weight excluding hydrogens is 186 g/mol. The number of halogens is 4. The number of benzene rings is 1. The molecule has 1 nitrogen and oxygen atoms in total. The van der Waals surface area contributed by atoms with E-state index < -0.39 is 17.6 Å². The normalized spacial score (nSPS) is 11.8. The predicted molar refractivity (Wildman–Crippen MR) is 38.9 cm³/mol. The maximum atomic E-state index is 12.8. The van der Waals surface area contributed by atoms with Crippen molar-refractivity contribution in [2.24, 2.45) is 0 Å². The summed E-state index contributed by atoms with van der Waals surface area (Å²) in [7, 11) is 1.48. The summed E-state index contributed by atoms with van der Waals surface area (Å²) in [4.78, 5) is 0. The van der Waals surface area contributed by atoms with Crippen LogP contribution in [0.25, 0.3) is 0 Å². The number of hydrogen-bond donors (Lipinski definition) is 1. The Morgan fingerprint density at radius 2 is 1.85 bits per heavy atom. The summed E-state index contributed by atoms with van der Waals surface area (Å²) in [5.74, 6) is -0.643. The zero-order valence-electron chi connectivity index (χ0n) is 6.82. The topological polar surface area (TPSA) is 16.6 Å².